The zero-order valence-electron chi connectivity index (χ0n) is 10.8. The van der Waals surface area contributed by atoms with Crippen molar-refractivity contribution in [2.75, 3.05) is 0 Å². The van der Waals surface area contributed by atoms with Crippen molar-refractivity contribution < 1.29 is 14.5 Å². The number of nitro benzene ring substituents is 1. The predicted octanol–water partition coefficient (Wildman–Crippen LogP) is 2.90. The van der Waals surface area contributed by atoms with E-state index in [0.717, 1.165) is 0 Å². The first kappa shape index (κ1) is 12.9. The van der Waals surface area contributed by atoms with Gasteiger partial charge in [0.15, 0.2) is 0 Å². The lowest BCUT2D eigenvalue weighted by molar-refractivity contribution is -0.384. The maximum atomic E-state index is 12.0. The maximum absolute atomic E-state index is 12.0. The zero-order chi connectivity index (χ0) is 15.0. The van der Waals surface area contributed by atoms with E-state index in [1.165, 1.54) is 12.1 Å². The van der Waals surface area contributed by atoms with Gasteiger partial charge >= 0.3 is 0 Å². The minimum atomic E-state index is -0.547. The van der Waals surface area contributed by atoms with Crippen LogP contribution < -0.4 is 0 Å². The van der Waals surface area contributed by atoms with Crippen LogP contribution in [0.3, 0.4) is 0 Å². The molecule has 2 aromatic carbocycles. The molecule has 21 heavy (non-hydrogen) atoms. The van der Waals surface area contributed by atoms with Gasteiger partial charge in [-0.2, -0.15) is 0 Å². The number of hydrogen-bond donors (Lipinski definition) is 0. The minimum Gasteiger partial charge on any atom is -0.285 e. The number of hydrogen-bond acceptors (Lipinski definition) is 4. The van der Waals surface area contributed by atoms with Gasteiger partial charge in [-0.15, -0.1) is 0 Å². The standard InChI is InChI=1S/C16H9NO4/c18-15-13-4-2-1-3-12(13)14(16(15)19)9-10-5-7-11(8-6-10)17(20)21/h1-9H. The van der Waals surface area contributed by atoms with E-state index in [2.05, 4.69) is 0 Å². The van der Waals surface area contributed by atoms with E-state index >= 15 is 0 Å². The van der Waals surface area contributed by atoms with Gasteiger partial charge in [-0.3, -0.25) is 19.7 Å². The van der Waals surface area contributed by atoms with Crippen molar-refractivity contribution in [2.45, 2.75) is 0 Å². The van der Waals surface area contributed by atoms with E-state index in [4.69, 9.17) is 0 Å². The van der Waals surface area contributed by atoms with Crippen LogP contribution in [0.4, 0.5) is 5.69 Å². The lowest BCUT2D eigenvalue weighted by atomic mass is 10.0. The topological polar surface area (TPSA) is 77.3 Å². The van der Waals surface area contributed by atoms with Crippen LogP contribution in [0, 0.1) is 10.1 Å². The molecule has 0 saturated heterocycles. The molecule has 0 heterocycles. The Morgan fingerprint density at radius 1 is 0.857 bits per heavy atom. The molecule has 0 aromatic heterocycles. The summed E-state index contributed by atoms with van der Waals surface area (Å²) in [7, 11) is 0. The highest BCUT2D eigenvalue weighted by atomic mass is 16.6. The molecule has 0 N–H and O–H groups in total. The zero-order valence-corrected chi connectivity index (χ0v) is 10.8. The lowest BCUT2D eigenvalue weighted by Crippen LogP contribution is -2.05. The van der Waals surface area contributed by atoms with Crippen LogP contribution in [-0.2, 0) is 4.79 Å². The molecule has 5 heteroatoms. The second-order valence-corrected chi connectivity index (χ2v) is 4.61. The first-order valence-electron chi connectivity index (χ1n) is 6.22. The third-order valence-corrected chi connectivity index (χ3v) is 3.33. The molecule has 3 rings (SSSR count). The van der Waals surface area contributed by atoms with Crippen molar-refractivity contribution in [3.8, 4) is 0 Å². The third-order valence-electron chi connectivity index (χ3n) is 3.33. The van der Waals surface area contributed by atoms with Gasteiger partial charge in [0.05, 0.1) is 4.92 Å². The minimum absolute atomic E-state index is 0.0219. The number of nitro groups is 1. The molecule has 102 valence electrons. The smallest absolute Gasteiger partial charge is 0.269 e. The van der Waals surface area contributed by atoms with Gasteiger partial charge in [-0.05, 0) is 29.3 Å². The van der Waals surface area contributed by atoms with E-state index in [1.54, 1.807) is 42.5 Å². The summed E-state index contributed by atoms with van der Waals surface area (Å²) in [5.74, 6) is -1.06. The van der Waals surface area contributed by atoms with Crippen molar-refractivity contribution >= 4 is 28.9 Å². The van der Waals surface area contributed by atoms with Crippen LogP contribution in [0.25, 0.3) is 11.6 Å². The van der Waals surface area contributed by atoms with Gasteiger partial charge in [-0.25, -0.2) is 0 Å². The number of allylic oxidation sites excluding steroid dienone is 1. The molecular weight excluding hydrogens is 270 g/mol. The van der Waals surface area contributed by atoms with E-state index < -0.39 is 16.5 Å². The molecule has 0 unspecified atom stereocenters. The maximum Gasteiger partial charge on any atom is 0.269 e. The van der Waals surface area contributed by atoms with Crippen LogP contribution in [0.15, 0.2) is 48.5 Å². The summed E-state index contributed by atoms with van der Waals surface area (Å²) in [6.45, 7) is 0. The van der Waals surface area contributed by atoms with E-state index in [0.29, 0.717) is 22.3 Å². The van der Waals surface area contributed by atoms with Gasteiger partial charge in [0.2, 0.25) is 11.6 Å². The summed E-state index contributed by atoms with van der Waals surface area (Å²) in [5.41, 5.74) is 1.94. The molecule has 0 radical (unpaired) electrons. The van der Waals surface area contributed by atoms with E-state index in [1.807, 2.05) is 0 Å². The average molecular weight is 279 g/mol. The number of fused-ring (bicyclic) bond motifs is 1. The van der Waals surface area contributed by atoms with Crippen LogP contribution in [-0.4, -0.2) is 16.5 Å². The fourth-order valence-corrected chi connectivity index (χ4v) is 2.29. The number of Topliss-reactive ketones (excluding diaryl/α,β-unsaturated/α-hetero) is 2. The van der Waals surface area contributed by atoms with Crippen LogP contribution in [0.5, 0.6) is 0 Å². The number of non-ortho nitro benzene ring substituents is 1. The molecule has 0 saturated carbocycles. The summed E-state index contributed by atoms with van der Waals surface area (Å²) in [6.07, 6.45) is 1.58. The molecule has 0 spiro atoms. The molecule has 0 amide bonds. The number of nitrogens with zero attached hydrogens (tertiary/aromatic N) is 1. The molecule has 2 aromatic rings. The van der Waals surface area contributed by atoms with Gasteiger partial charge in [0, 0.05) is 23.3 Å². The Hall–Kier alpha value is -3.08. The van der Waals surface area contributed by atoms with Crippen molar-refractivity contribution in [1.82, 2.24) is 0 Å². The molecule has 0 bridgehead atoms. The summed E-state index contributed by atoms with van der Waals surface area (Å²) in [5, 5.41) is 10.6. The van der Waals surface area contributed by atoms with Crippen molar-refractivity contribution in [3.05, 3.63) is 75.3 Å². The van der Waals surface area contributed by atoms with Crippen molar-refractivity contribution in [1.29, 1.82) is 0 Å². The number of benzene rings is 2. The molecule has 1 aliphatic rings. The average Bonchev–Trinajstić information content (AvgIpc) is 2.73. The van der Waals surface area contributed by atoms with Crippen LogP contribution in [0.1, 0.15) is 21.5 Å². The number of rotatable bonds is 2. The SMILES string of the molecule is O=C1C(=O)c2ccccc2C1=Cc1ccc([N+](=O)[O-])cc1. The molecule has 1 aliphatic carbocycles. The largest absolute Gasteiger partial charge is 0.285 e. The fourth-order valence-electron chi connectivity index (χ4n) is 2.29. The van der Waals surface area contributed by atoms with E-state index in [9.17, 15) is 19.7 Å². The third kappa shape index (κ3) is 2.14. The molecule has 5 nitrogen and oxygen atoms in total. The number of ketones is 2. The Balaban J connectivity index is 2.06. The van der Waals surface area contributed by atoms with Gasteiger partial charge in [0.1, 0.15) is 0 Å². The molecular formula is C16H9NO4. The second kappa shape index (κ2) is 4.79. The highest BCUT2D eigenvalue weighted by Crippen LogP contribution is 2.31. The quantitative estimate of drug-likeness (QED) is 0.366. The second-order valence-electron chi connectivity index (χ2n) is 4.61. The summed E-state index contributed by atoms with van der Waals surface area (Å²) in [6, 6.07) is 12.6. The first-order valence-corrected chi connectivity index (χ1v) is 6.22. The van der Waals surface area contributed by atoms with Gasteiger partial charge in [-0.1, -0.05) is 24.3 Å². The normalized spacial score (nSPS) is 15.3. The highest BCUT2D eigenvalue weighted by molar-refractivity contribution is 6.64. The summed E-state index contributed by atoms with van der Waals surface area (Å²) in [4.78, 5) is 34.0. The Bertz CT molecular complexity index is 803. The van der Waals surface area contributed by atoms with Gasteiger partial charge in [0.25, 0.3) is 5.69 Å². The Labute approximate surface area is 119 Å². The summed E-state index contributed by atoms with van der Waals surface area (Å²) >= 11 is 0. The Morgan fingerprint density at radius 3 is 2.10 bits per heavy atom. The highest BCUT2D eigenvalue weighted by Gasteiger charge is 2.32. The lowest BCUT2D eigenvalue weighted by Gasteiger charge is -1.99. The van der Waals surface area contributed by atoms with Crippen molar-refractivity contribution in [2.24, 2.45) is 0 Å². The molecule has 0 fully saturated rings. The Morgan fingerprint density at radius 2 is 1.48 bits per heavy atom. The first-order chi connectivity index (χ1) is 10.1. The number of carbonyl (C=O) groups excluding carboxylic acids is 2. The molecule has 0 aliphatic heterocycles. The van der Waals surface area contributed by atoms with E-state index in [-0.39, 0.29) is 5.69 Å². The van der Waals surface area contributed by atoms with Crippen molar-refractivity contribution in [3.63, 3.8) is 0 Å². The molecule has 0 atom stereocenters. The van der Waals surface area contributed by atoms with Crippen LogP contribution >= 0.6 is 0 Å². The monoisotopic (exact) mass is 279 g/mol. The van der Waals surface area contributed by atoms with Crippen LogP contribution in [0.2, 0.25) is 0 Å². The Kier molecular flexibility index (Phi) is 2.95. The summed E-state index contributed by atoms with van der Waals surface area (Å²) < 4.78 is 0. The fraction of sp³-hybridized carbons (Fsp3) is 0. The number of carbonyl (C=O) groups is 2. The van der Waals surface area contributed by atoms with Gasteiger partial charge < -0.3 is 0 Å². The predicted molar refractivity (Wildman–Crippen MR) is 76.7 cm³/mol.